The van der Waals surface area contributed by atoms with Crippen LogP contribution in [0.1, 0.15) is 31.5 Å². The number of furan rings is 1. The molecule has 0 fully saturated rings. The first-order valence-electron chi connectivity index (χ1n) is 9.42. The Kier molecular flexibility index (Phi) is 6.77. The number of carbonyl (C=O) groups is 1. The van der Waals surface area contributed by atoms with E-state index in [9.17, 15) is 32.7 Å². The first kappa shape index (κ1) is 24.6. The van der Waals surface area contributed by atoms with Gasteiger partial charge in [-0.1, -0.05) is 0 Å². The Bertz CT molecular complexity index is 1280. The van der Waals surface area contributed by atoms with Crippen LogP contribution in [-0.2, 0) is 6.18 Å². The van der Waals surface area contributed by atoms with Crippen LogP contribution in [0, 0.1) is 6.92 Å². The quantitative estimate of drug-likeness (QED) is 0.121. The van der Waals surface area contributed by atoms with Crippen LogP contribution < -0.4 is 42.7 Å². The zero-order chi connectivity index (χ0) is 24.7. The number of anilines is 3. The van der Waals surface area contributed by atoms with E-state index in [0.717, 1.165) is 11.0 Å². The molecule has 0 saturated heterocycles. The van der Waals surface area contributed by atoms with E-state index in [2.05, 4.69) is 10.6 Å². The van der Waals surface area contributed by atoms with Gasteiger partial charge in [-0.15, -0.1) is 0 Å². The molecule has 0 bridgehead atoms. The summed E-state index contributed by atoms with van der Waals surface area (Å²) in [6, 6.07) is 5.03. The van der Waals surface area contributed by atoms with E-state index < -0.39 is 61.0 Å². The monoisotopic (exact) mass is 578 g/mol. The summed E-state index contributed by atoms with van der Waals surface area (Å²) in [6.07, 6.45) is -4.90. The average molecular weight is 578 g/mol. The second-order valence-corrected chi connectivity index (χ2v) is 9.78. The molecule has 1 atom stereocenters. The molecule has 178 valence electrons. The normalized spacial score (nSPS) is 12.7. The van der Waals surface area contributed by atoms with E-state index in [0.29, 0.717) is 17.6 Å². The number of hydrogen-bond donors (Lipinski definition) is 3. The van der Waals surface area contributed by atoms with E-state index in [1.54, 1.807) is 19.1 Å². The van der Waals surface area contributed by atoms with Gasteiger partial charge in [-0.25, -0.2) is 0 Å². The van der Waals surface area contributed by atoms with Gasteiger partial charge in [-0.05, 0) is 0 Å². The van der Waals surface area contributed by atoms with E-state index in [1.807, 2.05) is 4.93 Å². The van der Waals surface area contributed by atoms with Gasteiger partial charge in [0.05, 0.1) is 0 Å². The van der Waals surface area contributed by atoms with Gasteiger partial charge in [0.15, 0.2) is 0 Å². The third kappa shape index (κ3) is 4.70. The van der Waals surface area contributed by atoms with Crippen molar-refractivity contribution in [3.8, 4) is 5.75 Å². The van der Waals surface area contributed by atoms with Gasteiger partial charge in [-0.2, -0.15) is 0 Å². The standard InChI is InChI=1S/C21H20F3IN3O5/c1-9-5-8-12(33-9)19(25-2)27-15-14(17(30)18(15)31)26-11-7-6-10(21(22,23)24)13(16(11)29)20(32)28(3)4/h5-8,19,26-27,29H,1-4H3/q-1/t19-/m0/s1. The molecule has 3 rings (SSSR count). The SMILES string of the molecule is C[I-][C@@H](Nc1c(Nc2ccc(C(F)(F)F)c(C(=O)N(C)C)c2O)c(=O)c1=O)c1ccc(C)o1. The van der Waals surface area contributed by atoms with Crippen molar-refractivity contribution in [1.82, 2.24) is 4.90 Å². The van der Waals surface area contributed by atoms with Crippen LogP contribution in [0.25, 0.3) is 0 Å². The number of hydrogen-bond acceptors (Lipinski definition) is 7. The molecule has 0 spiro atoms. The molecule has 2 aromatic carbocycles. The summed E-state index contributed by atoms with van der Waals surface area (Å²) in [4.78, 5) is 39.6. The molecule has 0 radical (unpaired) electrons. The van der Waals surface area contributed by atoms with E-state index in [4.69, 9.17) is 4.42 Å². The molecule has 0 aliphatic carbocycles. The first-order chi connectivity index (χ1) is 15.4. The molecule has 8 nitrogen and oxygen atoms in total. The van der Waals surface area contributed by atoms with Crippen LogP contribution in [-0.4, -0.2) is 34.9 Å². The summed E-state index contributed by atoms with van der Waals surface area (Å²) in [5.74, 6) is -0.803. The van der Waals surface area contributed by atoms with E-state index in [1.165, 1.54) is 14.1 Å². The molecule has 1 aromatic heterocycles. The second kappa shape index (κ2) is 9.08. The number of rotatable bonds is 7. The van der Waals surface area contributed by atoms with Crippen molar-refractivity contribution in [3.05, 3.63) is 67.4 Å². The second-order valence-electron chi connectivity index (χ2n) is 7.29. The predicted molar refractivity (Wildman–Crippen MR) is 111 cm³/mol. The van der Waals surface area contributed by atoms with Crippen LogP contribution in [0.5, 0.6) is 5.75 Å². The number of carbonyl (C=O) groups excluding carboxylic acids is 1. The topological polar surface area (TPSA) is 112 Å². The zero-order valence-corrected chi connectivity index (χ0v) is 20.1. The first-order valence-corrected chi connectivity index (χ1v) is 12.8. The summed E-state index contributed by atoms with van der Waals surface area (Å²) in [5, 5.41) is 16.0. The molecule has 12 heteroatoms. The van der Waals surface area contributed by atoms with E-state index in [-0.39, 0.29) is 21.1 Å². The Morgan fingerprint density at radius 2 is 1.76 bits per heavy atom. The number of phenolic OH excluding ortho intramolecular Hbond substituents is 1. The predicted octanol–water partition coefficient (Wildman–Crippen LogP) is 0.183. The van der Waals surface area contributed by atoms with Gasteiger partial charge in [0.1, 0.15) is 0 Å². The molecular formula is C21H20F3IN3O5-. The molecule has 1 amide bonds. The summed E-state index contributed by atoms with van der Waals surface area (Å²) in [5.41, 5.74) is -4.60. The number of nitrogens with one attached hydrogen (secondary N) is 2. The summed E-state index contributed by atoms with van der Waals surface area (Å²) in [7, 11) is 2.48. The molecule has 0 saturated carbocycles. The number of aromatic hydroxyl groups is 1. The van der Waals surface area contributed by atoms with Crippen molar-refractivity contribution >= 4 is 23.0 Å². The van der Waals surface area contributed by atoms with Gasteiger partial charge in [0, 0.05) is 0 Å². The number of alkyl halides is 5. The Labute approximate surface area is 196 Å². The van der Waals surface area contributed by atoms with Crippen molar-refractivity contribution in [3.63, 3.8) is 0 Å². The number of nitrogens with zero attached hydrogens (tertiary/aromatic N) is 1. The average Bonchev–Trinajstić information content (AvgIpc) is 3.18. The Morgan fingerprint density at radius 1 is 1.12 bits per heavy atom. The molecule has 0 aliphatic rings. The Balaban J connectivity index is 2.00. The molecule has 3 N–H and O–H groups in total. The Hall–Kier alpha value is -3.03. The Morgan fingerprint density at radius 3 is 2.27 bits per heavy atom. The number of benzene rings is 1. The molecule has 3 aromatic rings. The number of halogens is 4. The molecule has 0 unspecified atom stereocenters. The number of aryl methyl sites for hydroxylation is 1. The van der Waals surface area contributed by atoms with Gasteiger partial charge < -0.3 is 0 Å². The maximum atomic E-state index is 13.4. The summed E-state index contributed by atoms with van der Waals surface area (Å²) < 4.78 is 45.5. The van der Waals surface area contributed by atoms with Gasteiger partial charge in [-0.3, -0.25) is 0 Å². The number of amides is 1. The van der Waals surface area contributed by atoms with Crippen molar-refractivity contribution in [1.29, 1.82) is 0 Å². The van der Waals surface area contributed by atoms with Crippen molar-refractivity contribution in [2.75, 3.05) is 29.7 Å². The minimum atomic E-state index is -4.90. The van der Waals surface area contributed by atoms with Crippen LogP contribution >= 0.6 is 0 Å². The number of phenols is 1. The van der Waals surface area contributed by atoms with Crippen LogP contribution in [0.4, 0.5) is 30.2 Å². The van der Waals surface area contributed by atoms with Gasteiger partial charge in [0.2, 0.25) is 0 Å². The van der Waals surface area contributed by atoms with Crippen molar-refractivity contribution in [2.24, 2.45) is 0 Å². The third-order valence-electron chi connectivity index (χ3n) is 4.77. The molecular weight excluding hydrogens is 558 g/mol. The molecule has 1 heterocycles. The molecule has 0 aliphatic heterocycles. The van der Waals surface area contributed by atoms with Gasteiger partial charge >= 0.3 is 196 Å². The van der Waals surface area contributed by atoms with Crippen LogP contribution in [0.3, 0.4) is 0 Å². The van der Waals surface area contributed by atoms with Gasteiger partial charge in [0.25, 0.3) is 0 Å². The maximum absolute atomic E-state index is 13.4. The van der Waals surface area contributed by atoms with Crippen LogP contribution in [0.2, 0.25) is 0 Å². The van der Waals surface area contributed by atoms with Crippen molar-refractivity contribution < 1.29 is 48.7 Å². The van der Waals surface area contributed by atoms with E-state index >= 15 is 0 Å². The summed E-state index contributed by atoms with van der Waals surface area (Å²) >= 11 is -0.544. The van der Waals surface area contributed by atoms with Crippen molar-refractivity contribution in [2.45, 2.75) is 17.1 Å². The molecule has 33 heavy (non-hydrogen) atoms. The fourth-order valence-corrected chi connectivity index (χ4v) is 4.67. The minimum absolute atomic E-state index is 0.0691. The zero-order valence-electron chi connectivity index (χ0n) is 17.9. The fraction of sp³-hybridized carbons (Fsp3) is 0.286. The third-order valence-corrected chi connectivity index (χ3v) is 6.94. The summed E-state index contributed by atoms with van der Waals surface area (Å²) in [6.45, 7) is 1.76. The fourth-order valence-electron chi connectivity index (χ4n) is 3.10. The van der Waals surface area contributed by atoms with Crippen LogP contribution in [0.15, 0.2) is 38.3 Å².